The van der Waals surface area contributed by atoms with Crippen molar-refractivity contribution in [3.8, 4) is 5.75 Å². The highest BCUT2D eigenvalue weighted by molar-refractivity contribution is 5.96. The quantitative estimate of drug-likeness (QED) is 0.690. The summed E-state index contributed by atoms with van der Waals surface area (Å²) in [5.41, 5.74) is -1.15. The fourth-order valence-electron chi connectivity index (χ4n) is 3.75. The van der Waals surface area contributed by atoms with Gasteiger partial charge in [-0.15, -0.1) is 0 Å². The first-order chi connectivity index (χ1) is 14.7. The van der Waals surface area contributed by atoms with E-state index in [1.54, 1.807) is 4.90 Å². The SMILES string of the molecule is CNc1nc(Nc2cc(F)c(C(=O)N3C[C@@H]4C[C@H]3CO4)cc2OC)ncc1C(F)(F)F. The Labute approximate surface area is 174 Å². The number of carbonyl (C=O) groups is 1. The molecule has 166 valence electrons. The molecule has 0 unspecified atom stereocenters. The molecule has 0 spiro atoms. The zero-order valence-corrected chi connectivity index (χ0v) is 16.6. The number of benzene rings is 1. The Morgan fingerprint density at radius 2 is 2.13 bits per heavy atom. The first-order valence-corrected chi connectivity index (χ1v) is 9.40. The molecule has 2 aliphatic heterocycles. The van der Waals surface area contributed by atoms with Crippen LogP contribution in [0, 0.1) is 5.82 Å². The predicted octanol–water partition coefficient (Wildman–Crippen LogP) is 3.04. The van der Waals surface area contributed by atoms with Gasteiger partial charge in [-0.3, -0.25) is 4.79 Å². The van der Waals surface area contributed by atoms with E-state index < -0.39 is 29.3 Å². The van der Waals surface area contributed by atoms with Crippen molar-refractivity contribution >= 4 is 23.4 Å². The molecule has 2 fully saturated rings. The number of aromatic nitrogens is 2. The molecular weight excluding hydrogens is 422 g/mol. The van der Waals surface area contributed by atoms with Crippen LogP contribution in [0.4, 0.5) is 35.0 Å². The summed E-state index contributed by atoms with van der Waals surface area (Å²) in [4.78, 5) is 21.8. The standard InChI is InChI=1S/C19H19F4N5O3/c1-24-16-12(19(21,22)23)6-25-18(27-16)26-14-5-13(20)11(4-15(14)30-2)17(29)28-7-10-3-9(28)8-31-10/h4-6,9-10H,3,7-8H2,1-2H3,(H2,24,25,26,27)/t9-,10-/m0/s1. The highest BCUT2D eigenvalue weighted by Gasteiger charge is 2.42. The molecule has 2 atom stereocenters. The summed E-state index contributed by atoms with van der Waals surface area (Å²) in [6, 6.07) is 2.19. The Morgan fingerprint density at radius 3 is 2.71 bits per heavy atom. The lowest BCUT2D eigenvalue weighted by Crippen LogP contribution is -2.41. The van der Waals surface area contributed by atoms with E-state index in [0.29, 0.717) is 19.3 Å². The smallest absolute Gasteiger partial charge is 0.421 e. The van der Waals surface area contributed by atoms with Crippen molar-refractivity contribution in [2.75, 3.05) is 37.9 Å². The number of amides is 1. The van der Waals surface area contributed by atoms with Crippen LogP contribution in [0.2, 0.25) is 0 Å². The number of fused-ring (bicyclic) bond motifs is 2. The Kier molecular flexibility index (Phi) is 5.33. The van der Waals surface area contributed by atoms with Crippen molar-refractivity contribution < 1.29 is 31.8 Å². The zero-order valence-electron chi connectivity index (χ0n) is 16.6. The topological polar surface area (TPSA) is 88.6 Å². The number of rotatable bonds is 5. The van der Waals surface area contributed by atoms with E-state index in [-0.39, 0.29) is 35.1 Å². The summed E-state index contributed by atoms with van der Waals surface area (Å²) in [5, 5.41) is 5.00. The second kappa shape index (κ2) is 7.84. The van der Waals surface area contributed by atoms with Crippen molar-refractivity contribution in [2.45, 2.75) is 24.7 Å². The van der Waals surface area contributed by atoms with Crippen molar-refractivity contribution in [2.24, 2.45) is 0 Å². The van der Waals surface area contributed by atoms with Gasteiger partial charge in [-0.2, -0.15) is 18.2 Å². The minimum atomic E-state index is -4.64. The minimum absolute atomic E-state index is 0.0296. The normalized spacial score (nSPS) is 20.1. The minimum Gasteiger partial charge on any atom is -0.495 e. The third kappa shape index (κ3) is 3.94. The number of hydrogen-bond donors (Lipinski definition) is 2. The van der Waals surface area contributed by atoms with E-state index in [1.807, 2.05) is 0 Å². The fraction of sp³-hybridized carbons (Fsp3) is 0.421. The lowest BCUT2D eigenvalue weighted by molar-refractivity contribution is -0.137. The molecule has 1 amide bonds. The lowest BCUT2D eigenvalue weighted by atomic mass is 10.1. The molecule has 3 heterocycles. The van der Waals surface area contributed by atoms with Gasteiger partial charge < -0.3 is 25.0 Å². The molecule has 8 nitrogen and oxygen atoms in total. The summed E-state index contributed by atoms with van der Waals surface area (Å²) in [6.07, 6.45) is -3.32. The average molecular weight is 441 g/mol. The largest absolute Gasteiger partial charge is 0.495 e. The summed E-state index contributed by atoms with van der Waals surface area (Å²) in [7, 11) is 2.61. The second-order valence-corrected chi connectivity index (χ2v) is 7.16. The van der Waals surface area contributed by atoms with E-state index in [0.717, 1.165) is 12.5 Å². The first-order valence-electron chi connectivity index (χ1n) is 9.40. The molecule has 31 heavy (non-hydrogen) atoms. The van der Waals surface area contributed by atoms with E-state index >= 15 is 0 Å². The number of alkyl halides is 3. The molecule has 2 saturated heterocycles. The van der Waals surface area contributed by atoms with Crippen LogP contribution >= 0.6 is 0 Å². The third-order valence-corrected chi connectivity index (χ3v) is 5.26. The molecule has 0 radical (unpaired) electrons. The number of nitrogens with zero attached hydrogens (tertiary/aromatic N) is 3. The maximum absolute atomic E-state index is 14.8. The van der Waals surface area contributed by atoms with E-state index in [1.165, 1.54) is 20.2 Å². The van der Waals surface area contributed by atoms with Crippen LogP contribution in [-0.2, 0) is 10.9 Å². The van der Waals surface area contributed by atoms with Crippen LogP contribution in [0.3, 0.4) is 0 Å². The van der Waals surface area contributed by atoms with Crippen LogP contribution in [0.1, 0.15) is 22.3 Å². The van der Waals surface area contributed by atoms with E-state index in [2.05, 4.69) is 20.6 Å². The van der Waals surface area contributed by atoms with Gasteiger partial charge in [-0.1, -0.05) is 0 Å². The van der Waals surface area contributed by atoms with Crippen molar-refractivity contribution in [3.63, 3.8) is 0 Å². The van der Waals surface area contributed by atoms with Crippen LogP contribution in [0.5, 0.6) is 5.75 Å². The Balaban J connectivity index is 1.61. The van der Waals surface area contributed by atoms with Crippen LogP contribution < -0.4 is 15.4 Å². The summed E-state index contributed by atoms with van der Waals surface area (Å²) < 4.78 is 64.6. The van der Waals surface area contributed by atoms with Crippen molar-refractivity contribution in [1.82, 2.24) is 14.9 Å². The number of likely N-dealkylation sites (tertiary alicyclic amines) is 1. The first kappa shape index (κ1) is 21.1. The number of halogens is 4. The number of morpholine rings is 1. The second-order valence-electron chi connectivity index (χ2n) is 7.16. The molecule has 2 aliphatic rings. The van der Waals surface area contributed by atoms with Gasteiger partial charge in [0.05, 0.1) is 37.1 Å². The fourth-order valence-corrected chi connectivity index (χ4v) is 3.75. The molecule has 4 rings (SSSR count). The molecule has 1 aromatic heterocycles. The van der Waals surface area contributed by atoms with Crippen molar-refractivity contribution in [3.05, 3.63) is 35.3 Å². The Hall–Kier alpha value is -3.15. The van der Waals surface area contributed by atoms with Gasteiger partial charge >= 0.3 is 6.18 Å². The van der Waals surface area contributed by atoms with E-state index in [9.17, 15) is 22.4 Å². The van der Waals surface area contributed by atoms with Crippen LogP contribution in [0.25, 0.3) is 0 Å². The highest BCUT2D eigenvalue weighted by Crippen LogP contribution is 2.36. The number of anilines is 3. The maximum Gasteiger partial charge on any atom is 0.421 e. The number of methoxy groups -OCH3 is 1. The predicted molar refractivity (Wildman–Crippen MR) is 102 cm³/mol. The molecule has 1 aromatic carbocycles. The van der Waals surface area contributed by atoms with Gasteiger partial charge in [0.25, 0.3) is 5.91 Å². The van der Waals surface area contributed by atoms with Gasteiger partial charge in [0, 0.05) is 25.9 Å². The Morgan fingerprint density at radius 1 is 1.35 bits per heavy atom. The zero-order chi connectivity index (χ0) is 22.3. The van der Waals surface area contributed by atoms with Gasteiger partial charge in [0.15, 0.2) is 0 Å². The maximum atomic E-state index is 14.8. The van der Waals surface area contributed by atoms with Crippen LogP contribution in [-0.4, -0.2) is 60.2 Å². The molecule has 2 N–H and O–H groups in total. The summed E-state index contributed by atoms with van der Waals surface area (Å²) >= 11 is 0. The molecule has 12 heteroatoms. The molecular formula is C19H19F4N5O3. The van der Waals surface area contributed by atoms with Gasteiger partial charge in [0.2, 0.25) is 5.95 Å². The lowest BCUT2D eigenvalue weighted by Gasteiger charge is -2.27. The average Bonchev–Trinajstić information content (AvgIpc) is 3.36. The monoisotopic (exact) mass is 441 g/mol. The molecule has 2 aromatic rings. The van der Waals surface area contributed by atoms with Crippen LogP contribution in [0.15, 0.2) is 18.3 Å². The Bertz CT molecular complexity index is 1020. The van der Waals surface area contributed by atoms with Gasteiger partial charge in [0.1, 0.15) is 22.9 Å². The highest BCUT2D eigenvalue weighted by atomic mass is 19.4. The number of ether oxygens (including phenoxy) is 2. The summed E-state index contributed by atoms with van der Waals surface area (Å²) in [5.74, 6) is -1.82. The van der Waals surface area contributed by atoms with Gasteiger partial charge in [-0.05, 0) is 12.5 Å². The number of hydrogen-bond acceptors (Lipinski definition) is 7. The molecule has 0 aliphatic carbocycles. The number of nitrogens with one attached hydrogen (secondary N) is 2. The number of carbonyl (C=O) groups excluding carboxylic acids is 1. The summed E-state index contributed by atoms with van der Waals surface area (Å²) in [6.45, 7) is 0.825. The van der Waals surface area contributed by atoms with E-state index in [4.69, 9.17) is 9.47 Å². The molecule has 0 saturated carbocycles. The molecule has 2 bridgehead atoms. The third-order valence-electron chi connectivity index (χ3n) is 5.26. The van der Waals surface area contributed by atoms with Gasteiger partial charge in [-0.25, -0.2) is 9.37 Å². The van der Waals surface area contributed by atoms with Crippen molar-refractivity contribution in [1.29, 1.82) is 0 Å².